The molecule has 11 heteroatoms. The van der Waals surface area contributed by atoms with E-state index >= 15 is 0 Å². The van der Waals surface area contributed by atoms with Crippen molar-refractivity contribution in [2.45, 2.75) is 37.9 Å². The van der Waals surface area contributed by atoms with Gasteiger partial charge < -0.3 is 15.0 Å². The average Bonchev–Trinajstić information content (AvgIpc) is 3.27. The van der Waals surface area contributed by atoms with E-state index in [-0.39, 0.29) is 35.1 Å². The third kappa shape index (κ3) is 5.21. The number of thioether (sulfide) groups is 1. The second-order valence-electron chi connectivity index (χ2n) is 6.98. The maximum Gasteiger partial charge on any atom is 0.573 e. The highest BCUT2D eigenvalue weighted by Crippen LogP contribution is 2.34. The zero-order valence-electron chi connectivity index (χ0n) is 16.2. The van der Waals surface area contributed by atoms with Crippen LogP contribution in [0.3, 0.4) is 0 Å². The lowest BCUT2D eigenvalue weighted by atomic mass is 10.2. The maximum atomic E-state index is 12.5. The number of carbonyl (C=O) groups excluding carboxylic acids is 1. The molecule has 0 saturated heterocycles. The Morgan fingerprint density at radius 1 is 1.29 bits per heavy atom. The summed E-state index contributed by atoms with van der Waals surface area (Å²) in [6.45, 7) is -0.0898. The Kier molecular flexibility index (Phi) is 6.24. The van der Waals surface area contributed by atoms with Gasteiger partial charge in [-0.3, -0.25) is 9.59 Å². The number of para-hydroxylation sites is 1. The lowest BCUT2D eigenvalue weighted by Gasteiger charge is -2.13. The van der Waals surface area contributed by atoms with Gasteiger partial charge in [0, 0.05) is 17.0 Å². The lowest BCUT2D eigenvalue weighted by Crippen LogP contribution is -2.26. The highest BCUT2D eigenvalue weighted by atomic mass is 32.2. The third-order valence-electron chi connectivity index (χ3n) is 4.77. The molecule has 1 aliphatic carbocycles. The van der Waals surface area contributed by atoms with Gasteiger partial charge >= 0.3 is 6.36 Å². The molecule has 164 valence electrons. The largest absolute Gasteiger partial charge is 0.573 e. The molecular formula is C20H18F3N3O3S2. The molecule has 1 amide bonds. The molecule has 0 bridgehead atoms. The second-order valence-corrected chi connectivity index (χ2v) is 9.04. The summed E-state index contributed by atoms with van der Waals surface area (Å²) in [5, 5.41) is 3.27. The molecule has 6 nitrogen and oxygen atoms in total. The lowest BCUT2D eigenvalue weighted by molar-refractivity contribution is -0.274. The predicted molar refractivity (Wildman–Crippen MR) is 113 cm³/mol. The fraction of sp³-hybridized carbons (Fsp3) is 0.350. The van der Waals surface area contributed by atoms with Gasteiger partial charge in [0.05, 0.1) is 16.9 Å². The average molecular weight is 470 g/mol. The number of nitrogens with one attached hydrogen (secondary N) is 2. The van der Waals surface area contributed by atoms with Crippen LogP contribution in [0.25, 0.3) is 10.2 Å². The minimum atomic E-state index is -4.80. The first-order valence-electron chi connectivity index (χ1n) is 9.51. The quantitative estimate of drug-likeness (QED) is 0.548. The summed E-state index contributed by atoms with van der Waals surface area (Å²) in [6.07, 6.45) is -1.84. The van der Waals surface area contributed by atoms with E-state index < -0.39 is 6.36 Å². The van der Waals surface area contributed by atoms with Crippen molar-refractivity contribution in [3.05, 3.63) is 56.4 Å². The van der Waals surface area contributed by atoms with Crippen LogP contribution in [0.1, 0.15) is 28.2 Å². The Morgan fingerprint density at radius 2 is 2.10 bits per heavy atom. The number of H-pyrrole nitrogens is 1. The highest BCUT2D eigenvalue weighted by molar-refractivity contribution is 7.99. The van der Waals surface area contributed by atoms with E-state index in [2.05, 4.69) is 20.0 Å². The molecular weight excluding hydrogens is 451 g/mol. The van der Waals surface area contributed by atoms with Crippen LogP contribution in [0.2, 0.25) is 0 Å². The minimum Gasteiger partial charge on any atom is -0.405 e. The minimum absolute atomic E-state index is 0.0744. The molecule has 0 aliphatic heterocycles. The number of aromatic amines is 1. The molecule has 3 aromatic rings. The summed E-state index contributed by atoms with van der Waals surface area (Å²) in [6, 6.07) is 5.65. The first kappa shape index (κ1) is 21.7. The number of fused-ring (bicyclic) bond motifs is 3. The van der Waals surface area contributed by atoms with Gasteiger partial charge in [-0.15, -0.1) is 36.3 Å². The summed E-state index contributed by atoms with van der Waals surface area (Å²) in [7, 11) is 0. The Labute approximate surface area is 183 Å². The van der Waals surface area contributed by atoms with Gasteiger partial charge in [0.15, 0.2) is 0 Å². The van der Waals surface area contributed by atoms with Gasteiger partial charge in [-0.2, -0.15) is 0 Å². The molecule has 31 heavy (non-hydrogen) atoms. The van der Waals surface area contributed by atoms with E-state index in [1.165, 1.54) is 34.8 Å². The van der Waals surface area contributed by atoms with Crippen LogP contribution in [-0.4, -0.2) is 28.0 Å². The summed E-state index contributed by atoms with van der Waals surface area (Å²) >= 11 is 2.81. The molecule has 4 rings (SSSR count). The number of nitrogens with zero attached hydrogens (tertiary/aromatic N) is 1. The standard InChI is InChI=1S/C20H18F3N3O3S2/c21-20(22,23)29-13-6-2-1-4-11(13)8-24-16(27)10-30-9-15-25-18(28)17-12-5-3-7-14(12)31-19(17)26-15/h1-2,4,6H,3,5,7-10H2,(H,24,27)(H,25,26,28). The Morgan fingerprint density at radius 3 is 2.90 bits per heavy atom. The molecule has 0 spiro atoms. The van der Waals surface area contributed by atoms with E-state index in [9.17, 15) is 22.8 Å². The summed E-state index contributed by atoms with van der Waals surface area (Å²) in [5.74, 6) is 0.227. The molecule has 2 N–H and O–H groups in total. The maximum absolute atomic E-state index is 12.5. The van der Waals surface area contributed by atoms with Crippen LogP contribution < -0.4 is 15.6 Å². The third-order valence-corrected chi connectivity index (χ3v) is 6.90. The molecule has 1 aliphatic rings. The molecule has 2 heterocycles. The fourth-order valence-electron chi connectivity index (χ4n) is 3.47. The zero-order valence-corrected chi connectivity index (χ0v) is 17.8. The summed E-state index contributed by atoms with van der Waals surface area (Å²) in [5.41, 5.74) is 1.19. The summed E-state index contributed by atoms with van der Waals surface area (Å²) < 4.78 is 41.4. The number of thiophene rings is 1. The molecule has 0 radical (unpaired) electrons. The number of aromatic nitrogens is 2. The zero-order chi connectivity index (χ0) is 22.0. The number of amides is 1. The number of ether oxygens (including phenoxy) is 1. The van der Waals surface area contributed by atoms with E-state index in [0.29, 0.717) is 17.0 Å². The molecule has 0 saturated carbocycles. The van der Waals surface area contributed by atoms with Crippen molar-refractivity contribution in [1.29, 1.82) is 0 Å². The molecule has 0 atom stereocenters. The molecule has 2 aromatic heterocycles. The number of hydrogen-bond donors (Lipinski definition) is 2. The molecule has 0 fully saturated rings. The number of alkyl halides is 3. The van der Waals surface area contributed by atoms with Crippen molar-refractivity contribution >= 4 is 39.2 Å². The van der Waals surface area contributed by atoms with Gasteiger partial charge in [0.1, 0.15) is 16.4 Å². The van der Waals surface area contributed by atoms with Gasteiger partial charge in [-0.05, 0) is 30.9 Å². The van der Waals surface area contributed by atoms with E-state index in [1.807, 2.05) is 0 Å². The Bertz CT molecular complexity index is 1170. The number of rotatable bonds is 7. The number of halogens is 3. The van der Waals surface area contributed by atoms with E-state index in [4.69, 9.17) is 0 Å². The second kappa shape index (κ2) is 8.91. The van der Waals surface area contributed by atoms with E-state index in [1.54, 1.807) is 17.4 Å². The van der Waals surface area contributed by atoms with Crippen molar-refractivity contribution in [2.24, 2.45) is 0 Å². The van der Waals surface area contributed by atoms with Gasteiger partial charge in [-0.1, -0.05) is 18.2 Å². The Hall–Kier alpha value is -2.53. The highest BCUT2D eigenvalue weighted by Gasteiger charge is 2.32. The number of benzene rings is 1. The van der Waals surface area contributed by atoms with Crippen LogP contribution in [0.5, 0.6) is 5.75 Å². The van der Waals surface area contributed by atoms with Crippen molar-refractivity contribution in [3.63, 3.8) is 0 Å². The summed E-state index contributed by atoms with van der Waals surface area (Å²) in [4.78, 5) is 33.8. The topological polar surface area (TPSA) is 84.1 Å². The van der Waals surface area contributed by atoms with Crippen molar-refractivity contribution in [3.8, 4) is 5.75 Å². The van der Waals surface area contributed by atoms with Gasteiger partial charge in [-0.25, -0.2) is 4.98 Å². The molecule has 1 aromatic carbocycles. The van der Waals surface area contributed by atoms with Crippen LogP contribution in [0.15, 0.2) is 29.1 Å². The molecule has 0 unspecified atom stereocenters. The Balaban J connectivity index is 1.31. The van der Waals surface area contributed by atoms with Crippen molar-refractivity contribution < 1.29 is 22.7 Å². The van der Waals surface area contributed by atoms with Crippen molar-refractivity contribution in [2.75, 3.05) is 5.75 Å². The first-order valence-corrected chi connectivity index (χ1v) is 11.5. The SMILES string of the molecule is O=C(CSCc1nc2sc3c(c2c(=O)[nH]1)CCC3)NCc1ccccc1OC(F)(F)F. The number of carbonyl (C=O) groups is 1. The fourth-order valence-corrected chi connectivity index (χ4v) is 5.48. The van der Waals surface area contributed by atoms with Crippen LogP contribution in [0.4, 0.5) is 13.2 Å². The van der Waals surface area contributed by atoms with Gasteiger partial charge in [0.2, 0.25) is 5.91 Å². The monoisotopic (exact) mass is 469 g/mol. The number of hydrogen-bond acceptors (Lipinski definition) is 6. The van der Waals surface area contributed by atoms with E-state index in [0.717, 1.165) is 29.7 Å². The van der Waals surface area contributed by atoms with Crippen LogP contribution >= 0.6 is 23.1 Å². The normalized spacial score (nSPS) is 13.4. The van der Waals surface area contributed by atoms with Gasteiger partial charge in [0.25, 0.3) is 5.56 Å². The first-order chi connectivity index (χ1) is 14.8. The van der Waals surface area contributed by atoms with Crippen LogP contribution in [-0.2, 0) is 29.9 Å². The predicted octanol–water partition coefficient (Wildman–Crippen LogP) is 3.92. The van der Waals surface area contributed by atoms with Crippen molar-refractivity contribution in [1.82, 2.24) is 15.3 Å². The van der Waals surface area contributed by atoms with Crippen LogP contribution in [0, 0.1) is 0 Å². The smallest absolute Gasteiger partial charge is 0.405 e. The number of aryl methyl sites for hydroxylation is 2.